The molecule has 2 aromatic rings. The Kier molecular flexibility index (Phi) is 2.25. The van der Waals surface area contributed by atoms with Gasteiger partial charge in [0.2, 0.25) is 0 Å². The van der Waals surface area contributed by atoms with E-state index in [0.29, 0.717) is 11.6 Å². The second-order valence-electron chi connectivity index (χ2n) is 3.43. The van der Waals surface area contributed by atoms with E-state index in [1.54, 1.807) is 17.5 Å². The molecular weight excluding hydrogens is 196 g/mol. The lowest BCUT2D eigenvalue weighted by molar-refractivity contribution is 0.853. The number of nitrogen functional groups attached to an aromatic ring is 1. The zero-order valence-corrected chi connectivity index (χ0v) is 8.93. The first kappa shape index (κ1) is 9.21. The number of hydrogen-bond acceptors (Lipinski definition) is 4. The molecule has 0 aromatic carbocycles. The van der Waals surface area contributed by atoms with Gasteiger partial charge >= 0.3 is 0 Å². The number of nitrogens with one attached hydrogen (secondary N) is 1. The number of rotatable bonds is 2. The summed E-state index contributed by atoms with van der Waals surface area (Å²) in [4.78, 5) is 4.48. The van der Waals surface area contributed by atoms with Crippen molar-refractivity contribution in [2.45, 2.75) is 19.8 Å². The van der Waals surface area contributed by atoms with E-state index in [9.17, 15) is 0 Å². The molecule has 0 spiro atoms. The zero-order valence-electron chi connectivity index (χ0n) is 8.11. The van der Waals surface area contributed by atoms with Gasteiger partial charge < -0.3 is 5.73 Å². The van der Waals surface area contributed by atoms with Crippen LogP contribution in [0.1, 0.15) is 24.8 Å². The van der Waals surface area contributed by atoms with Crippen LogP contribution in [0.4, 0.5) is 5.69 Å². The number of nitrogens with two attached hydrogens (primary N) is 1. The van der Waals surface area contributed by atoms with Gasteiger partial charge in [0.05, 0.1) is 16.9 Å². The van der Waals surface area contributed by atoms with Gasteiger partial charge in [-0.2, -0.15) is 5.10 Å². The molecule has 2 aromatic heterocycles. The Morgan fingerprint density at radius 2 is 2.29 bits per heavy atom. The summed E-state index contributed by atoms with van der Waals surface area (Å²) >= 11 is 1.65. The van der Waals surface area contributed by atoms with Crippen LogP contribution in [0.15, 0.2) is 11.6 Å². The van der Waals surface area contributed by atoms with Crippen molar-refractivity contribution in [3.63, 3.8) is 0 Å². The van der Waals surface area contributed by atoms with E-state index < -0.39 is 0 Å². The van der Waals surface area contributed by atoms with E-state index in [4.69, 9.17) is 5.73 Å². The Bertz CT molecular complexity index is 429. The van der Waals surface area contributed by atoms with Crippen LogP contribution in [0, 0.1) is 0 Å². The Hall–Kier alpha value is -1.36. The molecule has 0 saturated carbocycles. The minimum absolute atomic E-state index is 0.456. The Morgan fingerprint density at radius 1 is 1.50 bits per heavy atom. The highest BCUT2D eigenvalue weighted by molar-refractivity contribution is 7.10. The molecule has 0 unspecified atom stereocenters. The number of anilines is 1. The lowest BCUT2D eigenvalue weighted by atomic mass is 10.2. The fraction of sp³-hybridized carbons (Fsp3) is 0.333. The minimum atomic E-state index is 0.456. The Morgan fingerprint density at radius 3 is 2.79 bits per heavy atom. The van der Waals surface area contributed by atoms with Crippen LogP contribution in [0.3, 0.4) is 0 Å². The molecule has 0 amide bonds. The van der Waals surface area contributed by atoms with Crippen molar-refractivity contribution in [2.24, 2.45) is 0 Å². The van der Waals surface area contributed by atoms with Crippen LogP contribution in [0.2, 0.25) is 0 Å². The second kappa shape index (κ2) is 3.42. The number of thiazole rings is 1. The Balaban J connectivity index is 2.39. The summed E-state index contributed by atoms with van der Waals surface area (Å²) in [7, 11) is 0. The van der Waals surface area contributed by atoms with Gasteiger partial charge in [0, 0.05) is 11.3 Å². The second-order valence-corrected chi connectivity index (χ2v) is 4.32. The molecule has 0 aliphatic carbocycles. The fourth-order valence-electron chi connectivity index (χ4n) is 1.17. The number of nitrogens with zero attached hydrogens (tertiary/aromatic N) is 2. The maximum Gasteiger partial charge on any atom is 0.107 e. The quantitative estimate of drug-likeness (QED) is 0.795. The lowest BCUT2D eigenvalue weighted by Crippen LogP contribution is -1.89. The van der Waals surface area contributed by atoms with Crippen LogP contribution in [0.5, 0.6) is 0 Å². The van der Waals surface area contributed by atoms with Gasteiger partial charge in [-0.1, -0.05) is 13.8 Å². The average Bonchev–Trinajstić information content (AvgIpc) is 2.71. The predicted molar refractivity (Wildman–Crippen MR) is 58.2 cm³/mol. The third-order valence-electron chi connectivity index (χ3n) is 1.94. The largest absolute Gasteiger partial charge is 0.396 e. The molecule has 2 rings (SSSR count). The average molecular weight is 208 g/mol. The number of aromatic amines is 1. The third kappa shape index (κ3) is 1.50. The highest BCUT2D eigenvalue weighted by Crippen LogP contribution is 2.27. The summed E-state index contributed by atoms with van der Waals surface area (Å²) in [5.74, 6) is 0.456. The van der Waals surface area contributed by atoms with Gasteiger partial charge in [0.15, 0.2) is 0 Å². The molecule has 74 valence electrons. The fourth-order valence-corrected chi connectivity index (χ4v) is 1.99. The van der Waals surface area contributed by atoms with Crippen molar-refractivity contribution in [3.05, 3.63) is 16.6 Å². The molecule has 0 fully saturated rings. The van der Waals surface area contributed by atoms with Crippen molar-refractivity contribution in [3.8, 4) is 11.4 Å². The molecular formula is C9H12N4S. The Labute approximate surface area is 86.2 Å². The predicted octanol–water partition coefficient (Wildman–Crippen LogP) is 2.24. The summed E-state index contributed by atoms with van der Waals surface area (Å²) in [5, 5.41) is 9.83. The lowest BCUT2D eigenvalue weighted by Gasteiger charge is -1.96. The zero-order chi connectivity index (χ0) is 10.1. The first-order chi connectivity index (χ1) is 6.68. The maximum atomic E-state index is 5.73. The highest BCUT2D eigenvalue weighted by Gasteiger charge is 2.10. The third-order valence-corrected chi connectivity index (χ3v) is 3.09. The monoisotopic (exact) mass is 208 g/mol. The first-order valence-corrected chi connectivity index (χ1v) is 5.31. The van der Waals surface area contributed by atoms with Gasteiger partial charge in [0.25, 0.3) is 0 Å². The van der Waals surface area contributed by atoms with Gasteiger partial charge in [0.1, 0.15) is 11.4 Å². The summed E-state index contributed by atoms with van der Waals surface area (Å²) in [6, 6.07) is 0. The van der Waals surface area contributed by atoms with Crippen molar-refractivity contribution in [1.82, 2.24) is 15.2 Å². The molecule has 2 heterocycles. The number of hydrogen-bond donors (Lipinski definition) is 2. The van der Waals surface area contributed by atoms with Crippen LogP contribution in [0.25, 0.3) is 11.4 Å². The standard InChI is InChI=1S/C9H12N4S/c1-5(2)9-12-7(4-14-9)8-6(10)3-11-13-8/h3-5H,10H2,1-2H3,(H,11,13). The molecule has 0 saturated heterocycles. The molecule has 0 bridgehead atoms. The van der Waals surface area contributed by atoms with E-state index in [1.807, 2.05) is 5.38 Å². The molecule has 4 nitrogen and oxygen atoms in total. The van der Waals surface area contributed by atoms with E-state index in [-0.39, 0.29) is 0 Å². The molecule has 0 atom stereocenters. The van der Waals surface area contributed by atoms with Crippen molar-refractivity contribution in [2.75, 3.05) is 5.73 Å². The van der Waals surface area contributed by atoms with Crippen molar-refractivity contribution in [1.29, 1.82) is 0 Å². The molecule has 3 N–H and O–H groups in total. The molecule has 0 aliphatic heterocycles. The molecule has 0 aliphatic rings. The number of H-pyrrole nitrogens is 1. The summed E-state index contributed by atoms with van der Waals surface area (Å²) in [6.45, 7) is 4.25. The summed E-state index contributed by atoms with van der Waals surface area (Å²) < 4.78 is 0. The van der Waals surface area contributed by atoms with E-state index in [2.05, 4.69) is 29.0 Å². The van der Waals surface area contributed by atoms with Crippen LogP contribution < -0.4 is 5.73 Å². The van der Waals surface area contributed by atoms with E-state index >= 15 is 0 Å². The summed E-state index contributed by atoms with van der Waals surface area (Å²) in [6.07, 6.45) is 1.60. The maximum absolute atomic E-state index is 5.73. The topological polar surface area (TPSA) is 67.6 Å². The normalized spacial score (nSPS) is 11.1. The molecule has 5 heteroatoms. The first-order valence-electron chi connectivity index (χ1n) is 4.43. The molecule has 0 radical (unpaired) electrons. The van der Waals surface area contributed by atoms with Gasteiger partial charge in [-0.25, -0.2) is 4.98 Å². The molecule has 14 heavy (non-hydrogen) atoms. The van der Waals surface area contributed by atoms with Crippen LogP contribution in [-0.2, 0) is 0 Å². The highest BCUT2D eigenvalue weighted by atomic mass is 32.1. The van der Waals surface area contributed by atoms with Gasteiger partial charge in [-0.15, -0.1) is 11.3 Å². The van der Waals surface area contributed by atoms with Gasteiger partial charge in [-0.05, 0) is 0 Å². The van der Waals surface area contributed by atoms with Gasteiger partial charge in [-0.3, -0.25) is 5.10 Å². The van der Waals surface area contributed by atoms with Crippen LogP contribution >= 0.6 is 11.3 Å². The van der Waals surface area contributed by atoms with Crippen LogP contribution in [-0.4, -0.2) is 15.2 Å². The van der Waals surface area contributed by atoms with E-state index in [0.717, 1.165) is 16.4 Å². The van der Waals surface area contributed by atoms with Crippen molar-refractivity contribution < 1.29 is 0 Å². The van der Waals surface area contributed by atoms with E-state index in [1.165, 1.54) is 0 Å². The number of aromatic nitrogens is 3. The minimum Gasteiger partial charge on any atom is -0.396 e. The SMILES string of the molecule is CC(C)c1nc(-c2[nH]ncc2N)cs1. The smallest absolute Gasteiger partial charge is 0.107 e. The van der Waals surface area contributed by atoms with Crippen molar-refractivity contribution >= 4 is 17.0 Å². The summed E-state index contributed by atoms with van der Waals surface area (Å²) in [5.41, 5.74) is 8.07.